The van der Waals surface area contributed by atoms with E-state index in [1.54, 1.807) is 7.11 Å². The molecule has 2 amide bonds. The van der Waals surface area contributed by atoms with Gasteiger partial charge in [0.1, 0.15) is 5.75 Å². The molecule has 37 heavy (non-hydrogen) atoms. The van der Waals surface area contributed by atoms with Gasteiger partial charge in [0.15, 0.2) is 4.34 Å². The largest absolute Gasteiger partial charge is 0.495 e. The van der Waals surface area contributed by atoms with E-state index in [-0.39, 0.29) is 24.0 Å². The molecule has 0 bridgehead atoms. The van der Waals surface area contributed by atoms with Crippen LogP contribution in [0.3, 0.4) is 0 Å². The first-order valence-corrected chi connectivity index (χ1v) is 14.0. The number of carbonyl (C=O) groups excluding carboxylic acids is 2. The molecule has 0 saturated carbocycles. The number of thioether (sulfide) groups is 1. The van der Waals surface area contributed by atoms with E-state index >= 15 is 0 Å². The number of carbonyl (C=O) groups is 2. The highest BCUT2D eigenvalue weighted by molar-refractivity contribution is 8.01. The number of hydrogen-bond acceptors (Lipinski definition) is 7. The van der Waals surface area contributed by atoms with E-state index in [1.807, 2.05) is 77.0 Å². The number of hydrogen-bond donors (Lipinski definition) is 1. The predicted molar refractivity (Wildman–Crippen MR) is 151 cm³/mol. The minimum atomic E-state index is -0.0814. The van der Waals surface area contributed by atoms with Crippen molar-refractivity contribution in [1.82, 2.24) is 9.88 Å². The number of anilines is 2. The number of aromatic nitrogens is 1. The quantitative estimate of drug-likeness (QED) is 0.325. The van der Waals surface area contributed by atoms with E-state index in [1.165, 1.54) is 23.1 Å². The second-order valence-electron chi connectivity index (χ2n) is 8.68. The predicted octanol–water partition coefficient (Wildman–Crippen LogP) is 4.93. The third kappa shape index (κ3) is 6.06. The molecule has 5 rings (SSSR count). The number of thiazole rings is 1. The lowest BCUT2D eigenvalue weighted by atomic mass is 10.1. The average molecular weight is 533 g/mol. The average Bonchev–Trinajstić information content (AvgIpc) is 3.39. The van der Waals surface area contributed by atoms with Crippen molar-refractivity contribution in [1.29, 1.82) is 0 Å². The van der Waals surface area contributed by atoms with Gasteiger partial charge in [-0.25, -0.2) is 4.98 Å². The Balaban J connectivity index is 1.10. The molecule has 0 aliphatic carbocycles. The van der Waals surface area contributed by atoms with Gasteiger partial charge < -0.3 is 19.9 Å². The number of nitrogens with zero attached hydrogens (tertiary/aromatic N) is 3. The fraction of sp³-hybridized carbons (Fsp3) is 0.250. The Morgan fingerprint density at radius 1 is 1.00 bits per heavy atom. The second-order valence-corrected chi connectivity index (χ2v) is 10.8. The van der Waals surface area contributed by atoms with Crippen LogP contribution >= 0.6 is 23.1 Å². The summed E-state index contributed by atoms with van der Waals surface area (Å²) in [6, 6.07) is 21.8. The van der Waals surface area contributed by atoms with E-state index in [0.29, 0.717) is 13.1 Å². The van der Waals surface area contributed by atoms with Crippen LogP contribution in [-0.4, -0.2) is 60.7 Å². The maximum Gasteiger partial charge on any atom is 0.234 e. The number of methoxy groups -OCH3 is 1. The number of nitrogens with one attached hydrogen (secondary N) is 1. The van der Waals surface area contributed by atoms with Gasteiger partial charge in [-0.2, -0.15) is 0 Å². The lowest BCUT2D eigenvalue weighted by Gasteiger charge is -2.36. The lowest BCUT2D eigenvalue weighted by Crippen LogP contribution is -2.49. The molecule has 2 heterocycles. The molecular formula is C28H28N4O3S2. The van der Waals surface area contributed by atoms with E-state index < -0.39 is 0 Å². The Morgan fingerprint density at radius 3 is 2.59 bits per heavy atom. The number of piperazine rings is 1. The van der Waals surface area contributed by atoms with Crippen molar-refractivity contribution in [3.63, 3.8) is 0 Å². The topological polar surface area (TPSA) is 74.8 Å². The molecule has 1 N–H and O–H groups in total. The molecule has 0 spiro atoms. The molecule has 3 aromatic carbocycles. The van der Waals surface area contributed by atoms with Crippen molar-refractivity contribution < 1.29 is 14.3 Å². The van der Waals surface area contributed by atoms with Crippen molar-refractivity contribution in [3.8, 4) is 5.75 Å². The van der Waals surface area contributed by atoms with Crippen molar-refractivity contribution >= 4 is 57.1 Å². The monoisotopic (exact) mass is 532 g/mol. The first-order valence-electron chi connectivity index (χ1n) is 12.1. The van der Waals surface area contributed by atoms with Gasteiger partial charge in [-0.1, -0.05) is 60.3 Å². The van der Waals surface area contributed by atoms with Crippen molar-refractivity contribution in [2.45, 2.75) is 10.8 Å². The lowest BCUT2D eigenvalue weighted by molar-refractivity contribution is -0.130. The normalized spacial score (nSPS) is 13.5. The van der Waals surface area contributed by atoms with Crippen LogP contribution < -0.4 is 15.0 Å². The van der Waals surface area contributed by atoms with Gasteiger partial charge in [-0.3, -0.25) is 9.59 Å². The summed E-state index contributed by atoms with van der Waals surface area (Å²) in [7, 11) is 1.68. The van der Waals surface area contributed by atoms with E-state index in [4.69, 9.17) is 4.74 Å². The fourth-order valence-electron chi connectivity index (χ4n) is 4.44. The molecule has 1 aromatic heterocycles. The van der Waals surface area contributed by atoms with E-state index in [2.05, 4.69) is 15.2 Å². The molecule has 7 nitrogen and oxygen atoms in total. The Morgan fingerprint density at radius 2 is 1.76 bits per heavy atom. The van der Waals surface area contributed by atoms with Crippen LogP contribution in [0.2, 0.25) is 0 Å². The number of amides is 2. The van der Waals surface area contributed by atoms with Gasteiger partial charge in [0.2, 0.25) is 11.8 Å². The Labute approximate surface area is 224 Å². The van der Waals surface area contributed by atoms with Crippen LogP contribution in [0.1, 0.15) is 5.69 Å². The Kier molecular flexibility index (Phi) is 7.91. The zero-order valence-electron chi connectivity index (χ0n) is 20.6. The molecule has 1 fully saturated rings. The maximum absolute atomic E-state index is 12.9. The minimum absolute atomic E-state index is 0.0789. The summed E-state index contributed by atoms with van der Waals surface area (Å²) in [5.41, 5.74) is 2.61. The second kappa shape index (κ2) is 11.7. The highest BCUT2D eigenvalue weighted by Gasteiger charge is 2.23. The van der Waals surface area contributed by atoms with Gasteiger partial charge in [0.25, 0.3) is 0 Å². The summed E-state index contributed by atoms with van der Waals surface area (Å²) in [6.07, 6.45) is 0.272. The fourth-order valence-corrected chi connectivity index (χ4v) is 6.08. The summed E-state index contributed by atoms with van der Waals surface area (Å²) < 4.78 is 6.27. The zero-order chi connectivity index (χ0) is 25.6. The number of fused-ring (bicyclic) bond motifs is 1. The summed E-state index contributed by atoms with van der Waals surface area (Å²) >= 11 is 2.86. The van der Waals surface area contributed by atoms with Crippen molar-refractivity contribution in [2.24, 2.45) is 0 Å². The smallest absolute Gasteiger partial charge is 0.234 e. The van der Waals surface area contributed by atoms with Crippen molar-refractivity contribution in [2.75, 3.05) is 49.3 Å². The number of rotatable bonds is 8. The summed E-state index contributed by atoms with van der Waals surface area (Å²) in [5.74, 6) is 1.10. The maximum atomic E-state index is 12.9. The third-order valence-electron chi connectivity index (χ3n) is 6.31. The Hall–Kier alpha value is -3.56. The minimum Gasteiger partial charge on any atom is -0.495 e. The van der Waals surface area contributed by atoms with Crippen LogP contribution in [0.25, 0.3) is 10.8 Å². The first-order chi connectivity index (χ1) is 18.1. The molecule has 1 aliphatic rings. The van der Waals surface area contributed by atoms with Crippen LogP contribution in [0.4, 0.5) is 11.4 Å². The number of benzene rings is 3. The first kappa shape index (κ1) is 25.1. The van der Waals surface area contributed by atoms with Crippen LogP contribution in [0.5, 0.6) is 5.75 Å². The molecule has 1 aliphatic heterocycles. The van der Waals surface area contributed by atoms with Crippen LogP contribution in [0, 0.1) is 0 Å². The summed E-state index contributed by atoms with van der Waals surface area (Å²) in [6.45, 7) is 2.85. The zero-order valence-corrected chi connectivity index (χ0v) is 22.2. The number of ether oxygens (including phenoxy) is 1. The SMILES string of the molecule is COc1ccccc1N1CCN(C(=O)Cc2csc(SCC(=O)Nc3cccc4ccccc34)n2)CC1. The molecule has 0 atom stereocenters. The molecular weight excluding hydrogens is 504 g/mol. The van der Waals surface area contributed by atoms with Crippen LogP contribution in [-0.2, 0) is 16.0 Å². The van der Waals surface area contributed by atoms with Gasteiger partial charge in [-0.05, 0) is 23.6 Å². The highest BCUT2D eigenvalue weighted by atomic mass is 32.2. The molecule has 9 heteroatoms. The van der Waals surface area contributed by atoms with Gasteiger partial charge in [0.05, 0.1) is 30.7 Å². The molecule has 190 valence electrons. The standard InChI is InChI=1S/C28H28N4O3S2/c1-35-25-12-5-4-11-24(25)31-13-15-32(16-14-31)27(34)17-21-18-36-28(29-21)37-19-26(33)30-23-10-6-8-20-7-2-3-9-22(20)23/h2-12,18H,13-17,19H2,1H3,(H,30,33). The van der Waals surface area contributed by atoms with Gasteiger partial charge in [0, 0.05) is 42.6 Å². The van der Waals surface area contributed by atoms with Gasteiger partial charge in [-0.15, -0.1) is 11.3 Å². The summed E-state index contributed by atoms with van der Waals surface area (Å²) in [4.78, 5) is 34.2. The number of para-hydroxylation sites is 2. The third-order valence-corrected chi connectivity index (χ3v) is 8.38. The van der Waals surface area contributed by atoms with Crippen LogP contribution in [0.15, 0.2) is 76.4 Å². The molecule has 0 unspecified atom stereocenters. The van der Waals surface area contributed by atoms with E-state index in [9.17, 15) is 9.59 Å². The molecule has 4 aromatic rings. The van der Waals surface area contributed by atoms with E-state index in [0.717, 1.165) is 51.0 Å². The summed E-state index contributed by atoms with van der Waals surface area (Å²) in [5, 5.41) is 7.02. The molecule has 0 radical (unpaired) electrons. The molecule has 1 saturated heterocycles. The highest BCUT2D eigenvalue weighted by Crippen LogP contribution is 2.29. The van der Waals surface area contributed by atoms with Crippen molar-refractivity contribution in [3.05, 3.63) is 77.8 Å². The Bertz CT molecular complexity index is 1390. The van der Waals surface area contributed by atoms with Gasteiger partial charge >= 0.3 is 0 Å².